The van der Waals surface area contributed by atoms with E-state index in [0.29, 0.717) is 12.5 Å². The van der Waals surface area contributed by atoms with Gasteiger partial charge in [-0.05, 0) is 5.92 Å². The molecule has 19 heavy (non-hydrogen) atoms. The lowest BCUT2D eigenvalue weighted by Gasteiger charge is -2.12. The van der Waals surface area contributed by atoms with Crippen molar-refractivity contribution in [3.05, 3.63) is 17.5 Å². The summed E-state index contributed by atoms with van der Waals surface area (Å²) in [6, 6.07) is -0.0638. The van der Waals surface area contributed by atoms with Crippen molar-refractivity contribution in [2.75, 3.05) is 27.2 Å². The second kappa shape index (κ2) is 7.13. The van der Waals surface area contributed by atoms with Gasteiger partial charge in [0.2, 0.25) is 0 Å². The summed E-state index contributed by atoms with van der Waals surface area (Å²) in [5.74, 6) is 0.423. The van der Waals surface area contributed by atoms with E-state index in [2.05, 4.69) is 29.6 Å². The van der Waals surface area contributed by atoms with E-state index < -0.39 is 0 Å². The Labute approximate surface area is 115 Å². The molecule has 0 atom stereocenters. The number of hydrogen-bond acceptors (Lipinski definition) is 3. The first-order valence-corrected chi connectivity index (χ1v) is 6.60. The highest BCUT2D eigenvalue weighted by atomic mass is 16.2. The van der Waals surface area contributed by atoms with Crippen molar-refractivity contribution in [1.82, 2.24) is 25.3 Å². The first kappa shape index (κ1) is 15.5. The Morgan fingerprint density at radius 3 is 2.68 bits per heavy atom. The normalized spacial score (nSPS) is 10.8. The largest absolute Gasteiger partial charge is 0.337 e. The lowest BCUT2D eigenvalue weighted by Crippen LogP contribution is -2.38. The van der Waals surface area contributed by atoms with Crippen LogP contribution in [-0.4, -0.2) is 47.9 Å². The van der Waals surface area contributed by atoms with Crippen molar-refractivity contribution in [1.29, 1.82) is 0 Å². The van der Waals surface area contributed by atoms with Crippen LogP contribution in [0.3, 0.4) is 0 Å². The Kier molecular flexibility index (Phi) is 5.82. The van der Waals surface area contributed by atoms with E-state index >= 15 is 0 Å². The van der Waals surface area contributed by atoms with E-state index in [1.165, 1.54) is 10.5 Å². The predicted molar refractivity (Wildman–Crippen MR) is 76.1 cm³/mol. The fraction of sp³-hybridized carbons (Fsp3) is 0.692. The molecule has 0 radical (unpaired) electrons. The minimum Gasteiger partial charge on any atom is -0.337 e. The minimum atomic E-state index is -0.0638. The van der Waals surface area contributed by atoms with Crippen LogP contribution in [0.1, 0.15) is 31.0 Å². The summed E-state index contributed by atoms with van der Waals surface area (Å²) in [5.41, 5.74) is 2.35. The predicted octanol–water partition coefficient (Wildman–Crippen LogP) is 0.904. The third-order valence-corrected chi connectivity index (χ3v) is 2.78. The van der Waals surface area contributed by atoms with Crippen molar-refractivity contribution in [3.8, 4) is 0 Å². The van der Waals surface area contributed by atoms with Crippen LogP contribution >= 0.6 is 0 Å². The summed E-state index contributed by atoms with van der Waals surface area (Å²) in [4.78, 5) is 12.8. The first-order chi connectivity index (χ1) is 8.91. The fourth-order valence-electron chi connectivity index (χ4n) is 1.82. The van der Waals surface area contributed by atoms with Crippen molar-refractivity contribution >= 4 is 6.03 Å². The molecule has 0 aliphatic heterocycles. The fourth-order valence-corrected chi connectivity index (χ4v) is 1.82. The van der Waals surface area contributed by atoms with Crippen LogP contribution in [0.5, 0.6) is 0 Å². The monoisotopic (exact) mass is 267 g/mol. The van der Waals surface area contributed by atoms with E-state index in [-0.39, 0.29) is 6.03 Å². The maximum atomic E-state index is 11.3. The Morgan fingerprint density at radius 2 is 2.11 bits per heavy atom. The van der Waals surface area contributed by atoms with Gasteiger partial charge in [0.15, 0.2) is 0 Å². The van der Waals surface area contributed by atoms with Gasteiger partial charge in [0, 0.05) is 52.5 Å². The molecule has 2 N–H and O–H groups in total. The number of rotatable bonds is 6. The molecule has 1 heterocycles. The van der Waals surface area contributed by atoms with Crippen LogP contribution in [0.25, 0.3) is 0 Å². The van der Waals surface area contributed by atoms with Gasteiger partial charge in [-0.1, -0.05) is 13.8 Å². The van der Waals surface area contributed by atoms with Crippen molar-refractivity contribution < 1.29 is 4.79 Å². The second-order valence-corrected chi connectivity index (χ2v) is 5.17. The Bertz CT molecular complexity index is 411. The zero-order valence-corrected chi connectivity index (χ0v) is 12.5. The summed E-state index contributed by atoms with van der Waals surface area (Å²) in [5, 5.41) is 10.6. The van der Waals surface area contributed by atoms with E-state index in [1.807, 2.05) is 17.9 Å². The molecule has 2 amide bonds. The molecule has 0 unspecified atom stereocenters. The molecule has 108 valence electrons. The van der Waals surface area contributed by atoms with Gasteiger partial charge in [-0.2, -0.15) is 5.10 Å². The highest BCUT2D eigenvalue weighted by Crippen LogP contribution is 2.16. The standard InChI is InChI=1S/C13H25N5O/c1-10(2)12-11(9-18(5)16-12)8-14-6-7-15-13(19)17(3)4/h9-10,14H,6-8H2,1-5H3,(H,15,19). The SMILES string of the molecule is CC(C)c1nn(C)cc1CNCCNC(=O)N(C)C. The molecule has 0 aliphatic rings. The molecule has 0 saturated carbocycles. The number of carbonyl (C=O) groups is 1. The van der Waals surface area contributed by atoms with Crippen molar-refractivity contribution in [2.24, 2.45) is 7.05 Å². The topological polar surface area (TPSA) is 62.2 Å². The molecule has 0 aliphatic carbocycles. The highest BCUT2D eigenvalue weighted by Gasteiger charge is 2.10. The number of nitrogens with one attached hydrogen (secondary N) is 2. The molecule has 1 rings (SSSR count). The quantitative estimate of drug-likeness (QED) is 0.753. The van der Waals surface area contributed by atoms with E-state index in [0.717, 1.165) is 18.8 Å². The van der Waals surface area contributed by atoms with Gasteiger partial charge in [-0.15, -0.1) is 0 Å². The third-order valence-electron chi connectivity index (χ3n) is 2.78. The lowest BCUT2D eigenvalue weighted by molar-refractivity contribution is 0.217. The van der Waals surface area contributed by atoms with E-state index in [9.17, 15) is 4.79 Å². The van der Waals surface area contributed by atoms with Crippen LogP contribution in [0.15, 0.2) is 6.20 Å². The molecule has 0 saturated heterocycles. The number of nitrogens with zero attached hydrogens (tertiary/aromatic N) is 3. The zero-order chi connectivity index (χ0) is 14.4. The molecule has 0 spiro atoms. The summed E-state index contributed by atoms with van der Waals surface area (Å²) < 4.78 is 1.85. The molecule has 1 aromatic heterocycles. The van der Waals surface area contributed by atoms with E-state index in [1.54, 1.807) is 14.1 Å². The van der Waals surface area contributed by atoms with Gasteiger partial charge in [-0.25, -0.2) is 4.79 Å². The van der Waals surface area contributed by atoms with Crippen LogP contribution < -0.4 is 10.6 Å². The highest BCUT2D eigenvalue weighted by molar-refractivity contribution is 5.73. The summed E-state index contributed by atoms with van der Waals surface area (Å²) in [7, 11) is 5.40. The smallest absolute Gasteiger partial charge is 0.316 e. The minimum absolute atomic E-state index is 0.0638. The molecular weight excluding hydrogens is 242 g/mol. The maximum Gasteiger partial charge on any atom is 0.316 e. The van der Waals surface area contributed by atoms with Crippen molar-refractivity contribution in [3.63, 3.8) is 0 Å². The van der Waals surface area contributed by atoms with E-state index in [4.69, 9.17) is 0 Å². The zero-order valence-electron chi connectivity index (χ0n) is 12.5. The summed E-state index contributed by atoms with van der Waals surface area (Å²) in [6.45, 7) is 6.42. The van der Waals surface area contributed by atoms with Gasteiger partial charge in [0.25, 0.3) is 0 Å². The molecular formula is C13H25N5O. The maximum absolute atomic E-state index is 11.3. The number of urea groups is 1. The number of aromatic nitrogens is 2. The third kappa shape index (κ3) is 4.90. The van der Waals surface area contributed by atoms with Crippen molar-refractivity contribution in [2.45, 2.75) is 26.3 Å². The van der Waals surface area contributed by atoms with Gasteiger partial charge >= 0.3 is 6.03 Å². The molecule has 0 aromatic carbocycles. The molecule has 0 fully saturated rings. The molecule has 6 heteroatoms. The van der Waals surface area contributed by atoms with Crippen LogP contribution in [-0.2, 0) is 13.6 Å². The number of aryl methyl sites for hydroxylation is 1. The van der Waals surface area contributed by atoms with Gasteiger partial charge in [-0.3, -0.25) is 4.68 Å². The number of carbonyl (C=O) groups excluding carboxylic acids is 1. The van der Waals surface area contributed by atoms with Gasteiger partial charge in [0.1, 0.15) is 0 Å². The Morgan fingerprint density at radius 1 is 1.42 bits per heavy atom. The summed E-state index contributed by atoms with van der Waals surface area (Å²) >= 11 is 0. The Hall–Kier alpha value is -1.56. The lowest BCUT2D eigenvalue weighted by atomic mass is 10.1. The molecule has 6 nitrogen and oxygen atoms in total. The van der Waals surface area contributed by atoms with Gasteiger partial charge in [0.05, 0.1) is 5.69 Å². The summed E-state index contributed by atoms with van der Waals surface area (Å²) in [6.07, 6.45) is 2.04. The molecule has 0 bridgehead atoms. The Balaban J connectivity index is 2.32. The average molecular weight is 267 g/mol. The van der Waals surface area contributed by atoms with Crippen LogP contribution in [0.4, 0.5) is 4.79 Å². The second-order valence-electron chi connectivity index (χ2n) is 5.17. The number of hydrogen-bond donors (Lipinski definition) is 2. The van der Waals surface area contributed by atoms with Crippen LogP contribution in [0, 0.1) is 0 Å². The average Bonchev–Trinajstić information content (AvgIpc) is 2.69. The number of amides is 2. The molecule has 1 aromatic rings. The van der Waals surface area contributed by atoms with Crippen LogP contribution in [0.2, 0.25) is 0 Å². The first-order valence-electron chi connectivity index (χ1n) is 6.60. The van der Waals surface area contributed by atoms with Gasteiger partial charge < -0.3 is 15.5 Å².